The lowest BCUT2D eigenvalue weighted by Gasteiger charge is -2.13. The van der Waals surface area contributed by atoms with E-state index in [1.807, 2.05) is 6.92 Å². The molecule has 5 nitrogen and oxygen atoms in total. The number of rotatable bonds is 4. The smallest absolute Gasteiger partial charge is 0.344 e. The first-order valence-corrected chi connectivity index (χ1v) is 5.95. The molecule has 1 aromatic carbocycles. The van der Waals surface area contributed by atoms with Crippen molar-refractivity contribution < 1.29 is 19.1 Å². The quantitative estimate of drug-likeness (QED) is 0.856. The highest BCUT2D eigenvalue weighted by Crippen LogP contribution is 2.23. The fourth-order valence-corrected chi connectivity index (χ4v) is 1.85. The van der Waals surface area contributed by atoms with Gasteiger partial charge in [0.1, 0.15) is 11.3 Å². The van der Waals surface area contributed by atoms with E-state index in [0.29, 0.717) is 17.8 Å². The van der Waals surface area contributed by atoms with Gasteiger partial charge in [-0.1, -0.05) is 6.92 Å². The van der Waals surface area contributed by atoms with Crippen molar-refractivity contribution in [3.05, 3.63) is 40.2 Å². The van der Waals surface area contributed by atoms with Gasteiger partial charge >= 0.3 is 11.6 Å². The van der Waals surface area contributed by atoms with Crippen LogP contribution in [0.15, 0.2) is 33.5 Å². The molecule has 1 atom stereocenters. The molecule has 19 heavy (non-hydrogen) atoms. The van der Waals surface area contributed by atoms with E-state index in [-0.39, 0.29) is 0 Å². The molecule has 0 saturated carbocycles. The van der Waals surface area contributed by atoms with Gasteiger partial charge in [-0.3, -0.25) is 0 Å². The number of carboxylic acids is 1. The van der Waals surface area contributed by atoms with Gasteiger partial charge < -0.3 is 14.3 Å². The van der Waals surface area contributed by atoms with Crippen LogP contribution >= 0.6 is 0 Å². The van der Waals surface area contributed by atoms with E-state index < -0.39 is 17.7 Å². The Kier molecular flexibility index (Phi) is 3.55. The maximum Gasteiger partial charge on any atom is 0.344 e. The molecule has 1 heterocycles. The summed E-state index contributed by atoms with van der Waals surface area (Å²) in [6.45, 7) is 3.54. The summed E-state index contributed by atoms with van der Waals surface area (Å²) >= 11 is 0. The molecule has 0 amide bonds. The third kappa shape index (κ3) is 2.76. The van der Waals surface area contributed by atoms with Gasteiger partial charge in [-0.25, -0.2) is 9.59 Å². The van der Waals surface area contributed by atoms with Crippen LogP contribution in [0.25, 0.3) is 11.0 Å². The number of hydrogen-bond donors (Lipinski definition) is 1. The largest absolute Gasteiger partial charge is 0.479 e. The third-order valence-corrected chi connectivity index (χ3v) is 2.85. The second-order valence-electron chi connectivity index (χ2n) is 4.26. The van der Waals surface area contributed by atoms with Gasteiger partial charge in [-0.2, -0.15) is 0 Å². The maximum absolute atomic E-state index is 11.3. The van der Waals surface area contributed by atoms with Crippen molar-refractivity contribution in [2.75, 3.05) is 0 Å². The molecule has 2 rings (SSSR count). The minimum Gasteiger partial charge on any atom is -0.479 e. The molecule has 0 aliphatic heterocycles. The van der Waals surface area contributed by atoms with Crippen molar-refractivity contribution in [3.8, 4) is 5.75 Å². The SMILES string of the molecule is CC[C@@H](Oc1ccc2c(C)cc(=O)oc2c1)C(=O)O. The summed E-state index contributed by atoms with van der Waals surface area (Å²) in [6.07, 6.45) is -0.556. The molecule has 0 fully saturated rings. The molecule has 0 aliphatic rings. The normalized spacial score (nSPS) is 12.3. The van der Waals surface area contributed by atoms with E-state index in [4.69, 9.17) is 14.3 Å². The number of benzene rings is 1. The number of hydrogen-bond acceptors (Lipinski definition) is 4. The van der Waals surface area contributed by atoms with Gasteiger partial charge in [0.15, 0.2) is 6.10 Å². The Morgan fingerprint density at radius 3 is 2.79 bits per heavy atom. The first kappa shape index (κ1) is 13.1. The molecule has 0 unspecified atom stereocenters. The van der Waals surface area contributed by atoms with Crippen LogP contribution in [-0.4, -0.2) is 17.2 Å². The summed E-state index contributed by atoms with van der Waals surface area (Å²) in [4.78, 5) is 22.2. The van der Waals surface area contributed by atoms with Crippen molar-refractivity contribution in [3.63, 3.8) is 0 Å². The zero-order chi connectivity index (χ0) is 14.0. The molecular weight excluding hydrogens is 248 g/mol. The van der Waals surface area contributed by atoms with E-state index in [9.17, 15) is 9.59 Å². The van der Waals surface area contributed by atoms with Crippen LogP contribution in [0, 0.1) is 6.92 Å². The Balaban J connectivity index is 2.41. The average Bonchev–Trinajstić information content (AvgIpc) is 2.34. The predicted molar refractivity (Wildman–Crippen MR) is 69.6 cm³/mol. The van der Waals surface area contributed by atoms with Crippen molar-refractivity contribution >= 4 is 16.9 Å². The minimum atomic E-state index is -1.02. The van der Waals surface area contributed by atoms with Crippen molar-refractivity contribution in [1.29, 1.82) is 0 Å². The highest BCUT2D eigenvalue weighted by molar-refractivity contribution is 5.81. The molecule has 0 aliphatic carbocycles. The fourth-order valence-electron chi connectivity index (χ4n) is 1.85. The van der Waals surface area contributed by atoms with Gasteiger partial charge in [-0.15, -0.1) is 0 Å². The zero-order valence-electron chi connectivity index (χ0n) is 10.7. The molecule has 0 radical (unpaired) electrons. The van der Waals surface area contributed by atoms with Crippen LogP contribution in [0.4, 0.5) is 0 Å². The Morgan fingerprint density at radius 1 is 1.42 bits per heavy atom. The standard InChI is InChI=1S/C14H14O5/c1-3-11(14(16)17)18-9-4-5-10-8(2)6-13(15)19-12(10)7-9/h4-7,11H,3H2,1-2H3,(H,16,17)/t11-/m1/s1. The zero-order valence-corrected chi connectivity index (χ0v) is 10.7. The van der Waals surface area contributed by atoms with Gasteiger partial charge in [0, 0.05) is 17.5 Å². The number of aryl methyl sites for hydroxylation is 1. The van der Waals surface area contributed by atoms with Crippen LogP contribution in [-0.2, 0) is 4.79 Å². The van der Waals surface area contributed by atoms with E-state index >= 15 is 0 Å². The first-order chi connectivity index (χ1) is 9.01. The minimum absolute atomic E-state index is 0.352. The highest BCUT2D eigenvalue weighted by atomic mass is 16.5. The lowest BCUT2D eigenvalue weighted by molar-refractivity contribution is -0.145. The summed E-state index contributed by atoms with van der Waals surface area (Å²) < 4.78 is 10.4. The summed E-state index contributed by atoms with van der Waals surface area (Å²) in [5, 5.41) is 9.74. The predicted octanol–water partition coefficient (Wildman–Crippen LogP) is 2.34. The van der Waals surface area contributed by atoms with Crippen molar-refractivity contribution in [2.45, 2.75) is 26.4 Å². The fraction of sp³-hybridized carbons (Fsp3) is 0.286. The highest BCUT2D eigenvalue weighted by Gasteiger charge is 2.17. The van der Waals surface area contributed by atoms with E-state index in [1.54, 1.807) is 19.1 Å². The van der Waals surface area contributed by atoms with Gasteiger partial charge in [0.05, 0.1) is 0 Å². The number of aliphatic carboxylic acids is 1. The summed E-state index contributed by atoms with van der Waals surface area (Å²) in [5.74, 6) is -0.649. The van der Waals surface area contributed by atoms with Crippen molar-refractivity contribution in [1.82, 2.24) is 0 Å². The number of carboxylic acid groups (broad SMARTS) is 1. The lowest BCUT2D eigenvalue weighted by Crippen LogP contribution is -2.25. The molecule has 100 valence electrons. The topological polar surface area (TPSA) is 76.7 Å². The molecule has 1 aromatic heterocycles. The van der Waals surface area contributed by atoms with Crippen molar-refractivity contribution in [2.24, 2.45) is 0 Å². The van der Waals surface area contributed by atoms with E-state index in [2.05, 4.69) is 0 Å². The second kappa shape index (κ2) is 5.14. The number of carbonyl (C=O) groups is 1. The monoisotopic (exact) mass is 262 g/mol. The van der Waals surface area contributed by atoms with Gasteiger partial charge in [-0.05, 0) is 31.0 Å². The summed E-state index contributed by atoms with van der Waals surface area (Å²) in [5.41, 5.74) is 0.762. The Labute approximate surface area is 109 Å². The molecule has 1 N–H and O–H groups in total. The molecular formula is C14H14O5. The Morgan fingerprint density at radius 2 is 2.16 bits per heavy atom. The average molecular weight is 262 g/mol. The first-order valence-electron chi connectivity index (χ1n) is 5.95. The lowest BCUT2D eigenvalue weighted by atomic mass is 10.1. The number of fused-ring (bicyclic) bond motifs is 1. The molecule has 0 saturated heterocycles. The summed E-state index contributed by atoms with van der Waals surface area (Å²) in [6, 6.07) is 6.36. The van der Waals surface area contributed by atoms with Crippen LogP contribution in [0.3, 0.4) is 0 Å². The molecule has 2 aromatic rings. The molecule has 5 heteroatoms. The Hall–Kier alpha value is -2.30. The van der Waals surface area contributed by atoms with E-state index in [0.717, 1.165) is 10.9 Å². The van der Waals surface area contributed by atoms with Gasteiger partial charge in [0.2, 0.25) is 0 Å². The summed E-state index contributed by atoms with van der Waals surface area (Å²) in [7, 11) is 0. The molecule has 0 spiro atoms. The number of ether oxygens (including phenoxy) is 1. The van der Waals surface area contributed by atoms with Crippen LogP contribution < -0.4 is 10.4 Å². The third-order valence-electron chi connectivity index (χ3n) is 2.85. The van der Waals surface area contributed by atoms with Gasteiger partial charge in [0.25, 0.3) is 0 Å². The van der Waals surface area contributed by atoms with Crippen LogP contribution in [0.2, 0.25) is 0 Å². The second-order valence-corrected chi connectivity index (χ2v) is 4.26. The maximum atomic E-state index is 11.3. The molecule has 0 bridgehead atoms. The Bertz CT molecular complexity index is 671. The van der Waals surface area contributed by atoms with E-state index in [1.165, 1.54) is 12.1 Å². The van der Waals surface area contributed by atoms with Crippen LogP contribution in [0.1, 0.15) is 18.9 Å². The van der Waals surface area contributed by atoms with Crippen LogP contribution in [0.5, 0.6) is 5.75 Å².